The molecule has 0 amide bonds. The molecule has 0 fully saturated rings. The van der Waals surface area contributed by atoms with Gasteiger partial charge in [0.2, 0.25) is 0 Å². The zero-order valence-corrected chi connectivity index (χ0v) is 24.3. The molecule has 0 radical (unpaired) electrons. The summed E-state index contributed by atoms with van der Waals surface area (Å²) in [6.07, 6.45) is 30.1. The fraction of sp³-hybridized carbons (Fsp3) is 0.200. The molecule has 1 aromatic heterocycles. The molecule has 1 atom stereocenters. The van der Waals surface area contributed by atoms with Crippen molar-refractivity contribution in [2.45, 2.75) is 46.0 Å². The minimum atomic E-state index is 0.375. The summed E-state index contributed by atoms with van der Waals surface area (Å²) in [4.78, 5) is 0. The van der Waals surface area contributed by atoms with Gasteiger partial charge in [0, 0.05) is 17.0 Å². The first-order valence-electron chi connectivity index (χ1n) is 15.1. The van der Waals surface area contributed by atoms with Crippen molar-refractivity contribution in [2.75, 3.05) is 0 Å². The number of hydrogen-bond donors (Lipinski definition) is 0. The lowest BCUT2D eigenvalue weighted by Crippen LogP contribution is -2.01. The molecule has 0 spiro atoms. The van der Waals surface area contributed by atoms with E-state index in [1.54, 1.807) is 0 Å². The lowest BCUT2D eigenvalue weighted by molar-refractivity contribution is 0.790. The fourth-order valence-electron chi connectivity index (χ4n) is 6.31. The average Bonchev–Trinajstić information content (AvgIpc) is 3.36. The maximum atomic E-state index is 2.46. The molecule has 3 aromatic carbocycles. The maximum absolute atomic E-state index is 2.46. The van der Waals surface area contributed by atoms with Gasteiger partial charge in [0.05, 0.1) is 11.2 Å². The lowest BCUT2D eigenvalue weighted by Gasteiger charge is -2.20. The van der Waals surface area contributed by atoms with Crippen molar-refractivity contribution in [1.82, 2.24) is 4.57 Å². The molecule has 2 aliphatic carbocycles. The van der Waals surface area contributed by atoms with Crippen LogP contribution in [0, 0.1) is 12.8 Å². The Morgan fingerprint density at radius 3 is 2.56 bits per heavy atom. The minimum absolute atomic E-state index is 0.375. The van der Waals surface area contributed by atoms with Crippen LogP contribution < -0.4 is 0 Å². The third kappa shape index (κ3) is 5.63. The van der Waals surface area contributed by atoms with E-state index < -0.39 is 0 Å². The Morgan fingerprint density at radius 2 is 1.68 bits per heavy atom. The molecule has 0 aliphatic heterocycles. The van der Waals surface area contributed by atoms with Gasteiger partial charge in [0.25, 0.3) is 0 Å². The lowest BCUT2D eigenvalue weighted by atomic mass is 9.84. The summed E-state index contributed by atoms with van der Waals surface area (Å²) in [5.74, 6) is 0.375. The van der Waals surface area contributed by atoms with Crippen molar-refractivity contribution in [3.8, 4) is 16.8 Å². The van der Waals surface area contributed by atoms with Gasteiger partial charge in [-0.15, -0.1) is 0 Å². The summed E-state index contributed by atoms with van der Waals surface area (Å²) in [7, 11) is 0. The molecule has 0 saturated carbocycles. The second kappa shape index (κ2) is 12.4. The molecule has 2 aliphatic rings. The van der Waals surface area contributed by atoms with Crippen LogP contribution in [-0.2, 0) is 6.42 Å². The van der Waals surface area contributed by atoms with E-state index in [1.165, 1.54) is 55.7 Å². The van der Waals surface area contributed by atoms with Crippen molar-refractivity contribution in [2.24, 2.45) is 5.92 Å². The molecule has 41 heavy (non-hydrogen) atoms. The van der Waals surface area contributed by atoms with E-state index in [0.29, 0.717) is 5.92 Å². The zero-order valence-electron chi connectivity index (χ0n) is 24.3. The molecule has 1 nitrogen and oxygen atoms in total. The Bertz CT molecular complexity index is 1730. The first kappa shape index (κ1) is 26.8. The van der Waals surface area contributed by atoms with Crippen LogP contribution >= 0.6 is 0 Å². The highest BCUT2D eigenvalue weighted by atomic mass is 15.0. The number of hydrogen-bond acceptors (Lipinski definition) is 0. The van der Waals surface area contributed by atoms with Gasteiger partial charge in [-0.2, -0.15) is 0 Å². The number of benzene rings is 3. The van der Waals surface area contributed by atoms with Crippen LogP contribution in [0.5, 0.6) is 0 Å². The third-order valence-corrected chi connectivity index (χ3v) is 8.33. The Kier molecular flexibility index (Phi) is 8.14. The van der Waals surface area contributed by atoms with Gasteiger partial charge >= 0.3 is 0 Å². The number of rotatable bonds is 4. The number of fused-ring (bicyclic) bond motifs is 3. The molecular weight excluding hydrogens is 494 g/mol. The molecule has 0 saturated heterocycles. The number of aromatic nitrogens is 1. The quantitative estimate of drug-likeness (QED) is 0.230. The predicted octanol–water partition coefficient (Wildman–Crippen LogP) is 11.0. The molecule has 0 N–H and O–H groups in total. The Morgan fingerprint density at radius 1 is 0.805 bits per heavy atom. The Hall–Kier alpha value is -4.36. The first-order chi connectivity index (χ1) is 20.2. The summed E-state index contributed by atoms with van der Waals surface area (Å²) in [6.45, 7) is 4.47. The van der Waals surface area contributed by atoms with E-state index in [1.807, 2.05) is 0 Å². The molecular formula is C40H39N. The molecule has 1 heteroatoms. The average molecular weight is 534 g/mol. The number of nitrogens with zero attached hydrogens (tertiary/aromatic N) is 1. The SMILES string of the molecule is CCC1/C=C\C/C=C/C=C\C=C/1c1ccccc1-c1ccc2c(c1)c1c(n2-c2cccc(C)c2)/C=C\C=C\CCC1. The van der Waals surface area contributed by atoms with Crippen LogP contribution in [0.1, 0.15) is 55.0 Å². The summed E-state index contributed by atoms with van der Waals surface area (Å²) >= 11 is 0. The van der Waals surface area contributed by atoms with E-state index in [9.17, 15) is 0 Å². The normalized spacial score (nSPS) is 22.3. The Balaban J connectivity index is 1.56. The topological polar surface area (TPSA) is 4.93 Å². The number of aryl methyl sites for hydroxylation is 2. The molecule has 6 rings (SSSR count). The monoisotopic (exact) mass is 533 g/mol. The van der Waals surface area contributed by atoms with Crippen molar-refractivity contribution >= 4 is 22.6 Å². The highest BCUT2D eigenvalue weighted by Gasteiger charge is 2.20. The highest BCUT2D eigenvalue weighted by molar-refractivity contribution is 5.95. The van der Waals surface area contributed by atoms with E-state index in [-0.39, 0.29) is 0 Å². The van der Waals surface area contributed by atoms with Crippen molar-refractivity contribution in [1.29, 1.82) is 0 Å². The summed E-state index contributed by atoms with van der Waals surface area (Å²) in [5.41, 5.74) is 11.8. The zero-order chi connectivity index (χ0) is 28.0. The summed E-state index contributed by atoms with van der Waals surface area (Å²) < 4.78 is 2.46. The van der Waals surface area contributed by atoms with Gasteiger partial charge in [-0.3, -0.25) is 0 Å². The van der Waals surface area contributed by atoms with Crippen molar-refractivity contribution in [3.63, 3.8) is 0 Å². The van der Waals surface area contributed by atoms with Gasteiger partial charge in [-0.1, -0.05) is 110 Å². The van der Waals surface area contributed by atoms with E-state index in [0.717, 1.165) is 32.1 Å². The Labute approximate surface area is 245 Å². The molecule has 0 bridgehead atoms. The van der Waals surface area contributed by atoms with Crippen LogP contribution in [0.2, 0.25) is 0 Å². The largest absolute Gasteiger partial charge is 0.310 e. The summed E-state index contributed by atoms with van der Waals surface area (Å²) in [6, 6.07) is 25.0. The maximum Gasteiger partial charge on any atom is 0.0538 e. The van der Waals surface area contributed by atoms with Crippen LogP contribution in [0.25, 0.3) is 39.4 Å². The van der Waals surface area contributed by atoms with Crippen molar-refractivity contribution in [3.05, 3.63) is 150 Å². The van der Waals surface area contributed by atoms with Gasteiger partial charge in [-0.25, -0.2) is 0 Å². The predicted molar refractivity (Wildman–Crippen MR) is 178 cm³/mol. The second-order valence-electron chi connectivity index (χ2n) is 11.1. The highest BCUT2D eigenvalue weighted by Crippen LogP contribution is 2.39. The summed E-state index contributed by atoms with van der Waals surface area (Å²) in [5, 5.41) is 1.36. The van der Waals surface area contributed by atoms with E-state index in [2.05, 4.69) is 152 Å². The first-order valence-corrected chi connectivity index (χ1v) is 15.1. The van der Waals surface area contributed by atoms with Crippen LogP contribution in [-0.4, -0.2) is 4.57 Å². The van der Waals surface area contributed by atoms with Crippen LogP contribution in [0.4, 0.5) is 0 Å². The van der Waals surface area contributed by atoms with Gasteiger partial charge in [-0.05, 0) is 103 Å². The molecule has 4 aromatic rings. The van der Waals surface area contributed by atoms with Gasteiger partial charge in [0.1, 0.15) is 0 Å². The molecule has 1 heterocycles. The van der Waals surface area contributed by atoms with Crippen molar-refractivity contribution < 1.29 is 0 Å². The van der Waals surface area contributed by atoms with Crippen LogP contribution in [0.15, 0.2) is 127 Å². The van der Waals surface area contributed by atoms with Crippen LogP contribution in [0.3, 0.4) is 0 Å². The third-order valence-electron chi connectivity index (χ3n) is 8.33. The van der Waals surface area contributed by atoms with E-state index >= 15 is 0 Å². The molecule has 204 valence electrons. The standard InChI is InChI=1S/C40H39N/c1-3-31-19-11-7-4-5-8-12-21-34(31)36-23-16-15-22-35(36)32-26-27-40-38(29-32)37-24-13-9-6-10-14-25-39(37)41(40)33-20-17-18-30(2)28-33/h4-6,8,10-12,14-23,25-29,31H,3,7,9,13,24H2,1-2H3/b5-4+,10-6+,12-8-,19-11-,25-14-,34-21+. The van der Waals surface area contributed by atoms with Gasteiger partial charge < -0.3 is 4.57 Å². The second-order valence-corrected chi connectivity index (χ2v) is 11.1. The van der Waals surface area contributed by atoms with E-state index in [4.69, 9.17) is 0 Å². The minimum Gasteiger partial charge on any atom is -0.310 e. The fourth-order valence-corrected chi connectivity index (χ4v) is 6.31. The smallest absolute Gasteiger partial charge is 0.0538 e. The molecule has 1 unspecified atom stereocenters. The van der Waals surface area contributed by atoms with Gasteiger partial charge in [0.15, 0.2) is 0 Å². The number of allylic oxidation sites excluding steroid dienone is 11.